The zero-order chi connectivity index (χ0) is 18.4. The van der Waals surface area contributed by atoms with Crippen molar-refractivity contribution < 1.29 is 14.3 Å². The largest absolute Gasteiger partial charge is 0.497 e. The highest BCUT2D eigenvalue weighted by Gasteiger charge is 2.17. The summed E-state index contributed by atoms with van der Waals surface area (Å²) in [5.41, 5.74) is 2.26. The number of carbonyl (C=O) groups is 1. The first-order valence-electron chi connectivity index (χ1n) is 8.19. The lowest BCUT2D eigenvalue weighted by molar-refractivity contribution is 0.106. The predicted molar refractivity (Wildman–Crippen MR) is 103 cm³/mol. The molecule has 0 aliphatic rings. The van der Waals surface area contributed by atoms with Crippen LogP contribution in [0.25, 0.3) is 0 Å². The molecule has 0 unspecified atom stereocenters. The summed E-state index contributed by atoms with van der Waals surface area (Å²) in [6, 6.07) is 23.8. The molecule has 3 aromatic rings. The molecule has 0 saturated heterocycles. The molecule has 4 nitrogen and oxygen atoms in total. The minimum Gasteiger partial charge on any atom is -0.497 e. The van der Waals surface area contributed by atoms with E-state index in [1.807, 2.05) is 48.5 Å². The van der Waals surface area contributed by atoms with Gasteiger partial charge in [0.1, 0.15) is 22.9 Å². The normalized spacial score (nSPS) is 11.1. The molecule has 0 fully saturated rings. The first kappa shape index (κ1) is 17.4. The lowest BCUT2D eigenvalue weighted by Crippen LogP contribution is -2.15. The summed E-state index contributed by atoms with van der Waals surface area (Å²) in [4.78, 5) is 17.7. The Bertz CT molecular complexity index is 919. The van der Waals surface area contributed by atoms with Crippen LogP contribution >= 0.6 is 0 Å². The van der Waals surface area contributed by atoms with Crippen LogP contribution in [0.2, 0.25) is 0 Å². The first-order valence-corrected chi connectivity index (χ1v) is 8.19. The van der Waals surface area contributed by atoms with Crippen molar-refractivity contribution in [3.63, 3.8) is 0 Å². The van der Waals surface area contributed by atoms with Gasteiger partial charge in [0.15, 0.2) is 0 Å². The van der Waals surface area contributed by atoms with E-state index in [1.54, 1.807) is 44.6 Å². The molecule has 0 amide bonds. The summed E-state index contributed by atoms with van der Waals surface area (Å²) in [6.07, 6.45) is 0. The third-order valence-corrected chi connectivity index (χ3v) is 3.92. The van der Waals surface area contributed by atoms with Crippen LogP contribution in [0, 0.1) is 0 Å². The zero-order valence-electron chi connectivity index (χ0n) is 14.7. The van der Waals surface area contributed by atoms with Crippen molar-refractivity contribution in [3.8, 4) is 11.5 Å². The van der Waals surface area contributed by atoms with Gasteiger partial charge < -0.3 is 9.47 Å². The predicted octanol–water partition coefficient (Wildman–Crippen LogP) is 4.71. The van der Waals surface area contributed by atoms with Crippen molar-refractivity contribution in [2.45, 2.75) is 0 Å². The molecule has 130 valence electrons. The lowest BCUT2D eigenvalue weighted by Gasteiger charge is -2.10. The van der Waals surface area contributed by atoms with E-state index in [0.717, 1.165) is 5.56 Å². The van der Waals surface area contributed by atoms with Gasteiger partial charge in [0, 0.05) is 17.2 Å². The Balaban J connectivity index is 2.12. The topological polar surface area (TPSA) is 47.9 Å². The van der Waals surface area contributed by atoms with Crippen LogP contribution in [0.1, 0.15) is 15.9 Å². The number of rotatable bonds is 6. The molecule has 0 radical (unpaired) electrons. The molecule has 0 N–H and O–H groups in total. The number of nitrogens with zero attached hydrogens (tertiary/aromatic N) is 1. The average Bonchev–Trinajstić information content (AvgIpc) is 2.72. The minimum absolute atomic E-state index is 0.144. The maximum Gasteiger partial charge on any atom is 0.211 e. The number of methoxy groups -OCH3 is 2. The molecule has 26 heavy (non-hydrogen) atoms. The van der Waals surface area contributed by atoms with E-state index in [2.05, 4.69) is 4.99 Å². The highest BCUT2D eigenvalue weighted by Crippen LogP contribution is 2.32. The van der Waals surface area contributed by atoms with E-state index in [9.17, 15) is 4.79 Å². The second-order valence-corrected chi connectivity index (χ2v) is 5.56. The van der Waals surface area contributed by atoms with E-state index in [0.29, 0.717) is 28.5 Å². The van der Waals surface area contributed by atoms with Crippen LogP contribution in [0.3, 0.4) is 0 Å². The molecule has 3 rings (SSSR count). The fourth-order valence-electron chi connectivity index (χ4n) is 2.57. The number of aliphatic imine (C=N–C) groups is 1. The zero-order valence-corrected chi connectivity index (χ0v) is 14.7. The Morgan fingerprint density at radius 2 is 1.38 bits per heavy atom. The summed E-state index contributed by atoms with van der Waals surface area (Å²) in [5, 5.41) is 0. The minimum atomic E-state index is -0.144. The fourth-order valence-corrected chi connectivity index (χ4v) is 2.57. The van der Waals surface area contributed by atoms with Gasteiger partial charge >= 0.3 is 0 Å². The molecule has 0 saturated carbocycles. The van der Waals surface area contributed by atoms with E-state index in [-0.39, 0.29) is 5.78 Å². The van der Waals surface area contributed by atoms with E-state index >= 15 is 0 Å². The Hall–Kier alpha value is -3.40. The maximum absolute atomic E-state index is 13.1. The number of hydrogen-bond acceptors (Lipinski definition) is 4. The quantitative estimate of drug-likeness (QED) is 0.480. The Labute approximate surface area is 152 Å². The molecule has 0 spiro atoms. The van der Waals surface area contributed by atoms with Gasteiger partial charge in [-0.05, 0) is 12.1 Å². The third kappa shape index (κ3) is 3.81. The van der Waals surface area contributed by atoms with Gasteiger partial charge in [-0.2, -0.15) is 0 Å². The van der Waals surface area contributed by atoms with Crippen molar-refractivity contribution >= 4 is 17.2 Å². The summed E-state index contributed by atoms with van der Waals surface area (Å²) in [6.45, 7) is 0. The van der Waals surface area contributed by atoms with Crippen LogP contribution < -0.4 is 9.47 Å². The molecule has 0 heterocycles. The van der Waals surface area contributed by atoms with Crippen LogP contribution in [-0.4, -0.2) is 25.7 Å². The van der Waals surface area contributed by atoms with Crippen LogP contribution in [0.15, 0.2) is 83.9 Å². The van der Waals surface area contributed by atoms with Crippen molar-refractivity contribution in [3.05, 3.63) is 90.0 Å². The number of ketones is 1. The van der Waals surface area contributed by atoms with Crippen LogP contribution in [-0.2, 0) is 0 Å². The summed E-state index contributed by atoms with van der Waals surface area (Å²) in [5.74, 6) is 1.06. The van der Waals surface area contributed by atoms with Gasteiger partial charge in [0.2, 0.25) is 5.78 Å². The Kier molecular flexibility index (Phi) is 5.44. The van der Waals surface area contributed by atoms with Crippen molar-refractivity contribution in [1.82, 2.24) is 0 Å². The highest BCUT2D eigenvalue weighted by molar-refractivity contribution is 6.51. The van der Waals surface area contributed by atoms with Gasteiger partial charge in [0.25, 0.3) is 0 Å². The average molecular weight is 345 g/mol. The van der Waals surface area contributed by atoms with E-state index in [4.69, 9.17) is 9.47 Å². The van der Waals surface area contributed by atoms with Crippen molar-refractivity contribution in [1.29, 1.82) is 0 Å². The SMILES string of the molecule is COc1ccc(N=C(C(=O)c2ccccc2)c2ccccc2)c(OC)c1. The molecule has 0 bridgehead atoms. The number of Topliss-reactive ketones (excluding diaryl/α,β-unsaturated/α-hetero) is 1. The van der Waals surface area contributed by atoms with Gasteiger partial charge in [-0.1, -0.05) is 60.7 Å². The molecule has 3 aromatic carbocycles. The van der Waals surface area contributed by atoms with Crippen LogP contribution in [0.4, 0.5) is 5.69 Å². The number of carbonyl (C=O) groups excluding carboxylic acids is 1. The molecule has 0 aliphatic carbocycles. The van der Waals surface area contributed by atoms with Gasteiger partial charge in [0.05, 0.1) is 14.2 Å². The fraction of sp³-hybridized carbons (Fsp3) is 0.0909. The number of benzene rings is 3. The molecular weight excluding hydrogens is 326 g/mol. The third-order valence-electron chi connectivity index (χ3n) is 3.92. The Morgan fingerprint density at radius 3 is 1.96 bits per heavy atom. The van der Waals surface area contributed by atoms with Gasteiger partial charge in [-0.15, -0.1) is 0 Å². The summed E-state index contributed by atoms with van der Waals surface area (Å²) < 4.78 is 10.6. The van der Waals surface area contributed by atoms with Crippen molar-refractivity contribution in [2.75, 3.05) is 14.2 Å². The van der Waals surface area contributed by atoms with E-state index < -0.39 is 0 Å². The smallest absolute Gasteiger partial charge is 0.211 e. The van der Waals surface area contributed by atoms with Gasteiger partial charge in [-0.25, -0.2) is 4.99 Å². The van der Waals surface area contributed by atoms with Crippen LogP contribution in [0.5, 0.6) is 11.5 Å². The second-order valence-electron chi connectivity index (χ2n) is 5.56. The standard InChI is InChI=1S/C22H19NO3/c1-25-18-13-14-19(20(15-18)26-2)23-21(16-9-5-3-6-10-16)22(24)17-11-7-4-8-12-17/h3-15H,1-2H3. The molecule has 0 atom stereocenters. The van der Waals surface area contributed by atoms with Gasteiger partial charge in [-0.3, -0.25) is 4.79 Å². The monoisotopic (exact) mass is 345 g/mol. The van der Waals surface area contributed by atoms with E-state index in [1.165, 1.54) is 0 Å². The molecule has 4 heteroatoms. The Morgan fingerprint density at radius 1 is 0.769 bits per heavy atom. The molecule has 0 aliphatic heterocycles. The summed E-state index contributed by atoms with van der Waals surface area (Å²) in [7, 11) is 3.15. The maximum atomic E-state index is 13.1. The lowest BCUT2D eigenvalue weighted by atomic mass is 10.0. The highest BCUT2D eigenvalue weighted by atomic mass is 16.5. The number of ether oxygens (including phenoxy) is 2. The molecular formula is C22H19NO3. The second kappa shape index (κ2) is 8.12. The number of hydrogen-bond donors (Lipinski definition) is 0. The molecule has 0 aromatic heterocycles. The van der Waals surface area contributed by atoms with Crippen molar-refractivity contribution in [2.24, 2.45) is 4.99 Å². The first-order chi connectivity index (χ1) is 12.7. The summed E-state index contributed by atoms with van der Waals surface area (Å²) >= 11 is 0.